The van der Waals surface area contributed by atoms with Crippen LogP contribution in [0, 0.1) is 5.82 Å². The van der Waals surface area contributed by atoms with E-state index in [0.717, 1.165) is 18.4 Å². The van der Waals surface area contributed by atoms with Gasteiger partial charge in [0.05, 0.1) is 6.04 Å². The zero-order chi connectivity index (χ0) is 17.1. The molecule has 2 aromatic carbocycles. The Bertz CT molecular complexity index is 758. The van der Waals surface area contributed by atoms with Gasteiger partial charge in [0.1, 0.15) is 5.82 Å². The summed E-state index contributed by atoms with van der Waals surface area (Å²) in [7, 11) is 0. The molecule has 0 unspecified atom stereocenters. The molecule has 1 fully saturated rings. The lowest BCUT2D eigenvalue weighted by molar-refractivity contribution is -0.114. The molecule has 0 aromatic heterocycles. The molecular formula is C19H19FN2O2. The van der Waals surface area contributed by atoms with E-state index in [1.165, 1.54) is 19.1 Å². The fourth-order valence-corrected chi connectivity index (χ4v) is 3.14. The molecule has 2 amide bonds. The number of nitrogens with zero attached hydrogens (tertiary/aromatic N) is 1. The summed E-state index contributed by atoms with van der Waals surface area (Å²) in [5.74, 6) is -0.531. The van der Waals surface area contributed by atoms with Gasteiger partial charge < -0.3 is 10.2 Å². The maximum atomic E-state index is 13.1. The predicted octanol–water partition coefficient (Wildman–Crippen LogP) is 3.76. The molecule has 5 heteroatoms. The fourth-order valence-electron chi connectivity index (χ4n) is 3.14. The van der Waals surface area contributed by atoms with Crippen molar-refractivity contribution >= 4 is 17.5 Å². The Morgan fingerprint density at radius 3 is 2.62 bits per heavy atom. The minimum atomic E-state index is -0.280. The molecule has 1 heterocycles. The zero-order valence-corrected chi connectivity index (χ0v) is 13.5. The van der Waals surface area contributed by atoms with Gasteiger partial charge in [-0.25, -0.2) is 4.39 Å². The second kappa shape index (κ2) is 6.83. The van der Waals surface area contributed by atoms with E-state index in [1.54, 1.807) is 36.4 Å². The van der Waals surface area contributed by atoms with Gasteiger partial charge in [-0.05, 0) is 48.7 Å². The predicted molar refractivity (Wildman–Crippen MR) is 90.2 cm³/mol. The molecule has 4 nitrogen and oxygen atoms in total. The molecule has 1 saturated heterocycles. The summed E-state index contributed by atoms with van der Waals surface area (Å²) in [4.78, 5) is 25.9. The van der Waals surface area contributed by atoms with E-state index in [4.69, 9.17) is 0 Å². The number of halogens is 1. The number of likely N-dealkylation sites (tertiary alicyclic amines) is 1. The number of hydrogen-bond acceptors (Lipinski definition) is 2. The molecule has 1 atom stereocenters. The first-order valence-corrected chi connectivity index (χ1v) is 7.98. The van der Waals surface area contributed by atoms with Gasteiger partial charge in [0, 0.05) is 24.7 Å². The molecule has 0 radical (unpaired) electrons. The Hall–Kier alpha value is -2.69. The monoisotopic (exact) mass is 326 g/mol. The molecule has 0 bridgehead atoms. The summed E-state index contributed by atoms with van der Waals surface area (Å²) in [6, 6.07) is 13.2. The van der Waals surface area contributed by atoms with Gasteiger partial charge in [-0.3, -0.25) is 9.59 Å². The Morgan fingerprint density at radius 2 is 1.92 bits per heavy atom. The molecule has 124 valence electrons. The lowest BCUT2D eigenvalue weighted by Crippen LogP contribution is -2.30. The lowest BCUT2D eigenvalue weighted by atomic mass is 10.0. The van der Waals surface area contributed by atoms with Crippen LogP contribution in [-0.2, 0) is 4.79 Å². The van der Waals surface area contributed by atoms with Gasteiger partial charge in [0.2, 0.25) is 5.91 Å². The Balaban J connectivity index is 1.83. The van der Waals surface area contributed by atoms with Gasteiger partial charge >= 0.3 is 0 Å². The fraction of sp³-hybridized carbons (Fsp3) is 0.263. The summed E-state index contributed by atoms with van der Waals surface area (Å²) in [5, 5.41) is 2.69. The second-order valence-electron chi connectivity index (χ2n) is 5.97. The van der Waals surface area contributed by atoms with E-state index in [0.29, 0.717) is 17.8 Å². The van der Waals surface area contributed by atoms with Gasteiger partial charge in [0.25, 0.3) is 5.91 Å². The largest absolute Gasteiger partial charge is 0.332 e. The number of anilines is 1. The normalized spacial score (nSPS) is 16.9. The van der Waals surface area contributed by atoms with Crippen LogP contribution in [0.2, 0.25) is 0 Å². The van der Waals surface area contributed by atoms with E-state index < -0.39 is 0 Å². The molecule has 2 aromatic rings. The molecule has 0 spiro atoms. The van der Waals surface area contributed by atoms with E-state index >= 15 is 0 Å². The average Bonchev–Trinajstić information content (AvgIpc) is 3.04. The van der Waals surface area contributed by atoms with Crippen molar-refractivity contribution < 1.29 is 14.0 Å². The highest BCUT2D eigenvalue weighted by Crippen LogP contribution is 2.33. The number of carbonyl (C=O) groups excluding carboxylic acids is 2. The van der Waals surface area contributed by atoms with E-state index in [2.05, 4.69) is 5.32 Å². The molecule has 1 aliphatic rings. The molecule has 0 aliphatic carbocycles. The second-order valence-corrected chi connectivity index (χ2v) is 5.97. The zero-order valence-electron chi connectivity index (χ0n) is 13.5. The maximum Gasteiger partial charge on any atom is 0.254 e. The summed E-state index contributed by atoms with van der Waals surface area (Å²) >= 11 is 0. The van der Waals surface area contributed by atoms with Crippen LogP contribution in [0.5, 0.6) is 0 Å². The van der Waals surface area contributed by atoms with Crippen LogP contribution in [0.25, 0.3) is 0 Å². The van der Waals surface area contributed by atoms with Crippen LogP contribution >= 0.6 is 0 Å². The van der Waals surface area contributed by atoms with Crippen LogP contribution in [0.4, 0.5) is 10.1 Å². The third-order valence-corrected chi connectivity index (χ3v) is 4.20. The highest BCUT2D eigenvalue weighted by molar-refractivity contribution is 5.97. The molecule has 1 N–H and O–H groups in total. The van der Waals surface area contributed by atoms with Gasteiger partial charge in [-0.15, -0.1) is 0 Å². The maximum absolute atomic E-state index is 13.1. The molecule has 1 aliphatic heterocycles. The smallest absolute Gasteiger partial charge is 0.254 e. The van der Waals surface area contributed by atoms with Gasteiger partial charge in [0.15, 0.2) is 0 Å². The van der Waals surface area contributed by atoms with Crippen molar-refractivity contribution in [3.05, 3.63) is 65.5 Å². The van der Waals surface area contributed by atoms with Crippen LogP contribution in [-0.4, -0.2) is 23.3 Å². The summed E-state index contributed by atoms with van der Waals surface area (Å²) in [6.07, 6.45) is 1.78. The summed E-state index contributed by atoms with van der Waals surface area (Å²) < 4.78 is 13.1. The van der Waals surface area contributed by atoms with E-state index in [9.17, 15) is 14.0 Å². The number of benzene rings is 2. The van der Waals surface area contributed by atoms with Crippen molar-refractivity contribution in [3.8, 4) is 0 Å². The van der Waals surface area contributed by atoms with Crippen LogP contribution in [0.1, 0.15) is 41.7 Å². The molecule has 24 heavy (non-hydrogen) atoms. The molecule has 0 saturated carbocycles. The molecule has 3 rings (SSSR count). The third-order valence-electron chi connectivity index (χ3n) is 4.20. The van der Waals surface area contributed by atoms with Crippen molar-refractivity contribution in [2.45, 2.75) is 25.8 Å². The van der Waals surface area contributed by atoms with Gasteiger partial charge in [-0.2, -0.15) is 0 Å². The topological polar surface area (TPSA) is 49.4 Å². The van der Waals surface area contributed by atoms with E-state index in [-0.39, 0.29) is 23.7 Å². The van der Waals surface area contributed by atoms with E-state index in [1.807, 2.05) is 4.90 Å². The summed E-state index contributed by atoms with van der Waals surface area (Å²) in [5.41, 5.74) is 2.08. The minimum Gasteiger partial charge on any atom is -0.332 e. The van der Waals surface area contributed by atoms with Crippen molar-refractivity contribution in [1.29, 1.82) is 0 Å². The number of hydrogen-bond donors (Lipinski definition) is 1. The van der Waals surface area contributed by atoms with Crippen LogP contribution in [0.15, 0.2) is 48.5 Å². The van der Waals surface area contributed by atoms with Crippen molar-refractivity contribution in [1.82, 2.24) is 4.90 Å². The Morgan fingerprint density at radius 1 is 1.17 bits per heavy atom. The highest BCUT2D eigenvalue weighted by atomic mass is 19.1. The van der Waals surface area contributed by atoms with Crippen molar-refractivity contribution in [3.63, 3.8) is 0 Å². The average molecular weight is 326 g/mol. The van der Waals surface area contributed by atoms with Crippen molar-refractivity contribution in [2.75, 3.05) is 11.9 Å². The Labute approximate surface area is 140 Å². The van der Waals surface area contributed by atoms with Gasteiger partial charge in [-0.1, -0.05) is 18.2 Å². The first kappa shape index (κ1) is 16.2. The number of carbonyl (C=O) groups is 2. The molecular weight excluding hydrogens is 307 g/mol. The number of amides is 2. The van der Waals surface area contributed by atoms with Crippen LogP contribution < -0.4 is 5.32 Å². The number of rotatable bonds is 3. The number of nitrogens with one attached hydrogen (secondary N) is 1. The Kier molecular flexibility index (Phi) is 4.60. The summed E-state index contributed by atoms with van der Waals surface area (Å²) in [6.45, 7) is 2.10. The third kappa shape index (κ3) is 3.45. The standard InChI is InChI=1S/C19H19FN2O2/c1-13(23)21-17-5-2-4-15(12-17)19(24)22-11-3-6-18(22)14-7-9-16(20)10-8-14/h2,4-5,7-10,12,18H,3,6,11H2,1H3,(H,21,23)/t18-/m0/s1. The highest BCUT2D eigenvalue weighted by Gasteiger charge is 2.30. The van der Waals surface area contributed by atoms with Crippen LogP contribution in [0.3, 0.4) is 0 Å². The first-order chi connectivity index (χ1) is 11.5. The minimum absolute atomic E-state index is 0.0393. The van der Waals surface area contributed by atoms with Crippen molar-refractivity contribution in [2.24, 2.45) is 0 Å². The quantitative estimate of drug-likeness (QED) is 0.933. The first-order valence-electron chi connectivity index (χ1n) is 7.98. The lowest BCUT2D eigenvalue weighted by Gasteiger charge is -2.25. The SMILES string of the molecule is CC(=O)Nc1cccc(C(=O)N2CCC[C@H]2c2ccc(F)cc2)c1.